The molecule has 0 atom stereocenters. The normalized spacial score (nSPS) is 11.1. The Kier molecular flexibility index (Phi) is 10.1. The molecule has 0 unspecified atom stereocenters. The van der Waals surface area contributed by atoms with E-state index >= 15 is 0 Å². The quantitative estimate of drug-likeness (QED) is 0.285. The Hall–Kier alpha value is -4.40. The fourth-order valence-electron chi connectivity index (χ4n) is 4.25. The molecule has 0 aliphatic carbocycles. The van der Waals surface area contributed by atoms with Gasteiger partial charge in [0.05, 0.1) is 24.1 Å². The van der Waals surface area contributed by atoms with Crippen molar-refractivity contribution in [2.45, 2.75) is 67.0 Å². The highest BCUT2D eigenvalue weighted by Crippen LogP contribution is 2.36. The standard InChI is InChI=1S/C32H39N3O6/c1-19(2)16-26-25(18-33-30(37)41-32(5,6)7)27(22-14-12-20(3)13-15-22)28(21(4)34-26)35-31(38)40-24-11-9-10-23(17-24)29(36)39-8/h9-15,17,19H,16,18H2,1-8H3,(H,33,37)(H,35,38). The predicted molar refractivity (Wildman–Crippen MR) is 158 cm³/mol. The second-order valence-electron chi connectivity index (χ2n) is 11.2. The van der Waals surface area contributed by atoms with Crippen molar-refractivity contribution < 1.29 is 28.6 Å². The summed E-state index contributed by atoms with van der Waals surface area (Å²) in [6.45, 7) is 13.6. The van der Waals surface area contributed by atoms with E-state index in [0.29, 0.717) is 23.7 Å². The molecule has 0 bridgehead atoms. The van der Waals surface area contributed by atoms with E-state index in [-0.39, 0.29) is 17.9 Å². The summed E-state index contributed by atoms with van der Waals surface area (Å²) in [5.74, 6) is -0.0736. The SMILES string of the molecule is COC(=O)c1cccc(OC(=O)Nc2c(C)nc(CC(C)C)c(CNC(=O)OC(C)(C)C)c2-c2ccc(C)cc2)c1. The van der Waals surface area contributed by atoms with E-state index in [1.54, 1.807) is 39.0 Å². The van der Waals surface area contributed by atoms with Crippen LogP contribution in [0.5, 0.6) is 5.75 Å². The highest BCUT2D eigenvalue weighted by molar-refractivity contribution is 5.95. The second kappa shape index (κ2) is 13.3. The molecule has 0 aliphatic heterocycles. The van der Waals surface area contributed by atoms with Crippen LogP contribution in [0.4, 0.5) is 15.3 Å². The molecule has 0 fully saturated rings. The van der Waals surface area contributed by atoms with Crippen LogP contribution in [0.1, 0.15) is 67.5 Å². The van der Waals surface area contributed by atoms with Crippen molar-refractivity contribution in [3.8, 4) is 16.9 Å². The Balaban J connectivity index is 2.07. The fraction of sp³-hybridized carbons (Fsp3) is 0.375. The molecule has 0 aliphatic rings. The molecule has 2 N–H and O–H groups in total. The van der Waals surface area contributed by atoms with Crippen LogP contribution in [-0.2, 0) is 22.4 Å². The summed E-state index contributed by atoms with van der Waals surface area (Å²) in [5, 5.41) is 5.73. The maximum atomic E-state index is 13.2. The van der Waals surface area contributed by atoms with Crippen molar-refractivity contribution in [2.75, 3.05) is 12.4 Å². The molecule has 0 saturated heterocycles. The maximum Gasteiger partial charge on any atom is 0.417 e. The third-order valence-electron chi connectivity index (χ3n) is 6.01. The van der Waals surface area contributed by atoms with Crippen LogP contribution >= 0.6 is 0 Å². The molecule has 0 saturated carbocycles. The fourth-order valence-corrected chi connectivity index (χ4v) is 4.25. The molecule has 1 aromatic heterocycles. The Morgan fingerprint density at radius 1 is 0.976 bits per heavy atom. The number of amides is 2. The van der Waals surface area contributed by atoms with Crippen LogP contribution in [0.15, 0.2) is 48.5 Å². The third kappa shape index (κ3) is 8.79. The van der Waals surface area contributed by atoms with Crippen LogP contribution in [-0.4, -0.2) is 35.9 Å². The van der Waals surface area contributed by atoms with Gasteiger partial charge >= 0.3 is 18.2 Å². The van der Waals surface area contributed by atoms with Gasteiger partial charge in [-0.2, -0.15) is 0 Å². The number of hydrogen-bond donors (Lipinski definition) is 2. The van der Waals surface area contributed by atoms with Gasteiger partial charge in [0.2, 0.25) is 0 Å². The van der Waals surface area contributed by atoms with E-state index in [4.69, 9.17) is 19.2 Å². The number of aromatic nitrogens is 1. The number of ether oxygens (including phenoxy) is 3. The Labute approximate surface area is 241 Å². The maximum absolute atomic E-state index is 13.2. The van der Waals surface area contributed by atoms with Gasteiger partial charge in [0.25, 0.3) is 0 Å². The van der Waals surface area contributed by atoms with E-state index < -0.39 is 23.8 Å². The first-order valence-corrected chi connectivity index (χ1v) is 13.5. The predicted octanol–water partition coefficient (Wildman–Crippen LogP) is 6.99. The van der Waals surface area contributed by atoms with Crippen LogP contribution in [0.2, 0.25) is 0 Å². The number of nitrogens with one attached hydrogen (secondary N) is 2. The van der Waals surface area contributed by atoms with E-state index in [0.717, 1.165) is 27.9 Å². The van der Waals surface area contributed by atoms with Crippen LogP contribution in [0.3, 0.4) is 0 Å². The zero-order chi connectivity index (χ0) is 30.3. The molecule has 9 nitrogen and oxygen atoms in total. The molecular formula is C32H39N3O6. The summed E-state index contributed by atoms with van der Waals surface area (Å²) in [4.78, 5) is 42.5. The van der Waals surface area contributed by atoms with Crippen molar-refractivity contribution in [2.24, 2.45) is 5.92 Å². The summed E-state index contributed by atoms with van der Waals surface area (Å²) in [5.41, 5.74) is 4.88. The van der Waals surface area contributed by atoms with Crippen molar-refractivity contribution in [1.82, 2.24) is 10.3 Å². The number of hydrogen-bond acceptors (Lipinski definition) is 7. The molecule has 2 aromatic carbocycles. The molecular weight excluding hydrogens is 522 g/mol. The second-order valence-corrected chi connectivity index (χ2v) is 11.2. The summed E-state index contributed by atoms with van der Waals surface area (Å²) in [6.07, 6.45) is -0.647. The summed E-state index contributed by atoms with van der Waals surface area (Å²) in [7, 11) is 1.28. The van der Waals surface area contributed by atoms with Gasteiger partial charge in [0, 0.05) is 23.4 Å². The zero-order valence-electron chi connectivity index (χ0n) is 25.0. The lowest BCUT2D eigenvalue weighted by molar-refractivity contribution is 0.0522. The number of carbonyl (C=O) groups excluding carboxylic acids is 3. The third-order valence-corrected chi connectivity index (χ3v) is 6.01. The topological polar surface area (TPSA) is 116 Å². The van der Waals surface area contributed by atoms with Gasteiger partial charge in [0.15, 0.2) is 0 Å². The molecule has 0 radical (unpaired) electrons. The van der Waals surface area contributed by atoms with Crippen LogP contribution < -0.4 is 15.4 Å². The van der Waals surface area contributed by atoms with Crippen LogP contribution in [0, 0.1) is 19.8 Å². The van der Waals surface area contributed by atoms with Gasteiger partial charge in [-0.25, -0.2) is 14.4 Å². The Morgan fingerprint density at radius 2 is 1.66 bits per heavy atom. The lowest BCUT2D eigenvalue weighted by atomic mass is 9.92. The number of pyridine rings is 1. The first kappa shape index (κ1) is 31.1. The van der Waals surface area contributed by atoms with Gasteiger partial charge in [-0.15, -0.1) is 0 Å². The first-order chi connectivity index (χ1) is 19.3. The number of nitrogens with zero attached hydrogens (tertiary/aromatic N) is 1. The van der Waals surface area contributed by atoms with Gasteiger partial charge in [-0.1, -0.05) is 49.7 Å². The minimum Gasteiger partial charge on any atom is -0.465 e. The molecule has 0 spiro atoms. The lowest BCUT2D eigenvalue weighted by Crippen LogP contribution is -2.32. The number of aryl methyl sites for hydroxylation is 2. The molecule has 3 rings (SSSR count). The van der Waals surface area contributed by atoms with Gasteiger partial charge in [-0.3, -0.25) is 10.3 Å². The number of methoxy groups -OCH3 is 1. The number of esters is 1. The largest absolute Gasteiger partial charge is 0.465 e. The van der Waals surface area contributed by atoms with E-state index in [1.807, 2.05) is 38.1 Å². The van der Waals surface area contributed by atoms with Crippen molar-refractivity contribution >= 4 is 23.8 Å². The minimum atomic E-state index is -0.757. The number of rotatable bonds is 8. The highest BCUT2D eigenvalue weighted by Gasteiger charge is 2.24. The Bertz CT molecular complexity index is 1410. The lowest BCUT2D eigenvalue weighted by Gasteiger charge is -2.23. The average Bonchev–Trinajstić information content (AvgIpc) is 2.88. The minimum absolute atomic E-state index is 0.137. The molecule has 9 heteroatoms. The first-order valence-electron chi connectivity index (χ1n) is 13.5. The van der Waals surface area contributed by atoms with E-state index in [2.05, 4.69) is 24.5 Å². The Morgan fingerprint density at radius 3 is 2.27 bits per heavy atom. The zero-order valence-corrected chi connectivity index (χ0v) is 25.0. The smallest absolute Gasteiger partial charge is 0.417 e. The summed E-state index contributed by atoms with van der Waals surface area (Å²) in [6, 6.07) is 14.1. The van der Waals surface area contributed by atoms with Crippen LogP contribution in [0.25, 0.3) is 11.1 Å². The van der Waals surface area contributed by atoms with E-state index in [1.165, 1.54) is 13.2 Å². The molecule has 3 aromatic rings. The number of alkyl carbamates (subject to hydrolysis) is 1. The average molecular weight is 562 g/mol. The highest BCUT2D eigenvalue weighted by atomic mass is 16.6. The van der Waals surface area contributed by atoms with Crippen molar-refractivity contribution in [3.63, 3.8) is 0 Å². The number of carbonyl (C=O) groups is 3. The molecule has 2 amide bonds. The number of benzene rings is 2. The molecule has 41 heavy (non-hydrogen) atoms. The summed E-state index contributed by atoms with van der Waals surface area (Å²) >= 11 is 0. The van der Waals surface area contributed by atoms with Gasteiger partial charge in [-0.05, 0) is 70.7 Å². The van der Waals surface area contributed by atoms with Gasteiger partial charge < -0.3 is 19.5 Å². The molecule has 1 heterocycles. The summed E-state index contributed by atoms with van der Waals surface area (Å²) < 4.78 is 15.8. The monoisotopic (exact) mass is 561 g/mol. The molecule has 218 valence electrons. The van der Waals surface area contributed by atoms with Crippen molar-refractivity contribution in [1.29, 1.82) is 0 Å². The number of anilines is 1. The van der Waals surface area contributed by atoms with Gasteiger partial charge in [0.1, 0.15) is 11.4 Å². The van der Waals surface area contributed by atoms with Crippen molar-refractivity contribution in [3.05, 3.63) is 76.6 Å². The van der Waals surface area contributed by atoms with E-state index in [9.17, 15) is 14.4 Å².